The summed E-state index contributed by atoms with van der Waals surface area (Å²) < 4.78 is 0. The Morgan fingerprint density at radius 2 is 2.19 bits per heavy atom. The van der Waals surface area contributed by atoms with Crippen molar-refractivity contribution in [2.75, 3.05) is 18.4 Å². The third kappa shape index (κ3) is 1.51. The highest BCUT2D eigenvalue weighted by Gasteiger charge is 2.53. The van der Waals surface area contributed by atoms with E-state index in [4.69, 9.17) is 0 Å². The summed E-state index contributed by atoms with van der Waals surface area (Å²) in [5.74, 6) is 2.14. The maximum atomic E-state index is 10.4. The summed E-state index contributed by atoms with van der Waals surface area (Å²) in [6, 6.07) is 3.64. The second-order valence-corrected chi connectivity index (χ2v) is 4.31. The van der Waals surface area contributed by atoms with E-state index in [1.54, 1.807) is 6.07 Å². The third-order valence-corrected chi connectivity index (χ3v) is 3.36. The highest BCUT2D eigenvalue weighted by Crippen LogP contribution is 2.43. The van der Waals surface area contributed by atoms with Crippen LogP contribution in [0.25, 0.3) is 0 Å². The Balaban J connectivity index is 1.65. The lowest BCUT2D eigenvalue weighted by atomic mass is 10.4. The fourth-order valence-electron chi connectivity index (χ4n) is 2.38. The van der Waals surface area contributed by atoms with Gasteiger partial charge in [-0.2, -0.15) is 0 Å². The minimum Gasteiger partial charge on any atom is -0.367 e. The van der Waals surface area contributed by atoms with Crippen molar-refractivity contribution in [2.45, 2.75) is 6.04 Å². The number of hydrogen-bond donors (Lipinski definition) is 2. The fraction of sp³-hybridized carbons (Fsp3) is 0.500. The Morgan fingerprint density at radius 1 is 1.44 bits per heavy atom. The van der Waals surface area contributed by atoms with Gasteiger partial charge in [-0.1, -0.05) is 0 Å². The van der Waals surface area contributed by atoms with Crippen molar-refractivity contribution in [2.24, 2.45) is 11.8 Å². The molecule has 3 rings (SSSR count). The van der Waals surface area contributed by atoms with Crippen LogP contribution in [0.3, 0.4) is 0 Å². The summed E-state index contributed by atoms with van der Waals surface area (Å²) in [6.07, 6.45) is 1.29. The first kappa shape index (κ1) is 9.53. The lowest BCUT2D eigenvalue weighted by Crippen LogP contribution is -2.21. The molecule has 2 atom stereocenters. The zero-order chi connectivity index (χ0) is 11.1. The van der Waals surface area contributed by atoms with Crippen molar-refractivity contribution in [3.8, 4) is 0 Å². The van der Waals surface area contributed by atoms with Crippen molar-refractivity contribution >= 4 is 11.5 Å². The minimum absolute atomic E-state index is 0.0307. The molecule has 0 amide bonds. The van der Waals surface area contributed by atoms with E-state index < -0.39 is 4.92 Å². The molecule has 1 saturated carbocycles. The van der Waals surface area contributed by atoms with E-state index in [-0.39, 0.29) is 5.69 Å². The predicted molar refractivity (Wildman–Crippen MR) is 58.2 cm³/mol. The van der Waals surface area contributed by atoms with Gasteiger partial charge in [0.2, 0.25) is 0 Å². The number of fused-ring (bicyclic) bond motifs is 1. The van der Waals surface area contributed by atoms with Gasteiger partial charge >= 0.3 is 0 Å². The van der Waals surface area contributed by atoms with Gasteiger partial charge in [0.05, 0.1) is 4.92 Å². The summed E-state index contributed by atoms with van der Waals surface area (Å²) >= 11 is 0. The zero-order valence-electron chi connectivity index (χ0n) is 8.59. The van der Waals surface area contributed by atoms with E-state index in [1.165, 1.54) is 12.3 Å². The van der Waals surface area contributed by atoms with Crippen LogP contribution in [0.1, 0.15) is 0 Å². The number of aromatic nitrogens is 1. The van der Waals surface area contributed by atoms with E-state index in [2.05, 4.69) is 15.6 Å². The maximum Gasteiger partial charge on any atom is 0.287 e. The molecule has 2 fully saturated rings. The Labute approximate surface area is 92.2 Å². The summed E-state index contributed by atoms with van der Waals surface area (Å²) in [6.45, 7) is 2.13. The molecule has 1 aromatic heterocycles. The molecule has 0 radical (unpaired) electrons. The Hall–Kier alpha value is -1.69. The monoisotopic (exact) mass is 220 g/mol. The van der Waals surface area contributed by atoms with E-state index in [1.807, 2.05) is 0 Å². The topological polar surface area (TPSA) is 80.1 Å². The van der Waals surface area contributed by atoms with Crippen LogP contribution in [0, 0.1) is 22.0 Å². The van der Waals surface area contributed by atoms with E-state index in [9.17, 15) is 10.1 Å². The molecule has 2 heterocycles. The van der Waals surface area contributed by atoms with Crippen LogP contribution in [0.4, 0.5) is 11.5 Å². The maximum absolute atomic E-state index is 10.4. The lowest BCUT2D eigenvalue weighted by molar-refractivity contribution is -0.385. The Morgan fingerprint density at radius 3 is 2.75 bits per heavy atom. The number of anilines is 1. The minimum atomic E-state index is -0.438. The average Bonchev–Trinajstić information content (AvgIpc) is 2.75. The third-order valence-electron chi connectivity index (χ3n) is 3.36. The molecule has 6 nitrogen and oxygen atoms in total. The summed E-state index contributed by atoms with van der Waals surface area (Å²) in [7, 11) is 0. The van der Waals surface area contributed by atoms with Crippen LogP contribution in [0.5, 0.6) is 0 Å². The van der Waals surface area contributed by atoms with Crippen molar-refractivity contribution in [3.63, 3.8) is 0 Å². The van der Waals surface area contributed by atoms with Gasteiger partial charge in [-0.25, -0.2) is 4.98 Å². The number of nitrogens with one attached hydrogen (secondary N) is 2. The van der Waals surface area contributed by atoms with Gasteiger partial charge in [-0.3, -0.25) is 10.1 Å². The SMILES string of the molecule is O=[N+]([O-])c1ccc(NC2C3CNCC32)nc1. The lowest BCUT2D eigenvalue weighted by Gasteiger charge is -2.07. The molecular formula is C10H12N4O2. The molecule has 2 N–H and O–H groups in total. The van der Waals surface area contributed by atoms with Gasteiger partial charge in [0.25, 0.3) is 5.69 Å². The molecule has 0 spiro atoms. The number of hydrogen-bond acceptors (Lipinski definition) is 5. The van der Waals surface area contributed by atoms with Crippen LogP contribution in [-0.4, -0.2) is 29.0 Å². The summed E-state index contributed by atoms with van der Waals surface area (Å²) in [5, 5.41) is 17.1. The molecule has 2 unspecified atom stereocenters. The normalized spacial score (nSPS) is 30.9. The fourth-order valence-corrected chi connectivity index (χ4v) is 2.38. The van der Waals surface area contributed by atoms with E-state index >= 15 is 0 Å². The molecule has 16 heavy (non-hydrogen) atoms. The highest BCUT2D eigenvalue weighted by atomic mass is 16.6. The van der Waals surface area contributed by atoms with Crippen LogP contribution in [-0.2, 0) is 0 Å². The van der Waals surface area contributed by atoms with Crippen LogP contribution in [0.15, 0.2) is 18.3 Å². The Bertz CT molecular complexity index is 409. The zero-order valence-corrected chi connectivity index (χ0v) is 8.59. The average molecular weight is 220 g/mol. The van der Waals surface area contributed by atoms with Gasteiger partial charge in [0.15, 0.2) is 0 Å². The van der Waals surface area contributed by atoms with Crippen molar-refractivity contribution in [1.82, 2.24) is 10.3 Å². The largest absolute Gasteiger partial charge is 0.367 e. The molecule has 1 aliphatic heterocycles. The molecule has 0 aromatic carbocycles. The van der Waals surface area contributed by atoms with E-state index in [0.717, 1.165) is 18.9 Å². The second kappa shape index (κ2) is 3.41. The number of nitro groups is 1. The van der Waals surface area contributed by atoms with Gasteiger partial charge in [-0.15, -0.1) is 0 Å². The number of nitrogens with zero attached hydrogens (tertiary/aromatic N) is 2. The van der Waals surface area contributed by atoms with Gasteiger partial charge in [-0.05, 0) is 17.9 Å². The summed E-state index contributed by atoms with van der Waals surface area (Å²) in [4.78, 5) is 14.0. The first-order valence-corrected chi connectivity index (χ1v) is 5.33. The van der Waals surface area contributed by atoms with Crippen molar-refractivity contribution in [1.29, 1.82) is 0 Å². The smallest absolute Gasteiger partial charge is 0.287 e. The van der Waals surface area contributed by atoms with E-state index in [0.29, 0.717) is 17.9 Å². The quantitative estimate of drug-likeness (QED) is 0.576. The predicted octanol–water partition coefficient (Wildman–Crippen LogP) is 0.619. The Kier molecular flexibility index (Phi) is 2.03. The van der Waals surface area contributed by atoms with Crippen molar-refractivity contribution < 1.29 is 4.92 Å². The molecular weight excluding hydrogens is 208 g/mol. The first-order valence-electron chi connectivity index (χ1n) is 5.33. The standard InChI is InChI=1S/C10H12N4O2/c15-14(16)6-1-2-9(12-3-6)13-10-7-4-11-5-8(7)10/h1-3,7-8,10-11H,4-5H2,(H,12,13). The molecule has 1 saturated heterocycles. The summed E-state index contributed by atoms with van der Waals surface area (Å²) in [5.41, 5.74) is 0.0307. The van der Waals surface area contributed by atoms with Gasteiger partial charge in [0.1, 0.15) is 12.0 Å². The van der Waals surface area contributed by atoms with Crippen LogP contribution in [0.2, 0.25) is 0 Å². The highest BCUT2D eigenvalue weighted by molar-refractivity contribution is 5.43. The molecule has 2 aliphatic rings. The van der Waals surface area contributed by atoms with Crippen LogP contribution >= 0.6 is 0 Å². The van der Waals surface area contributed by atoms with Crippen molar-refractivity contribution in [3.05, 3.63) is 28.4 Å². The molecule has 1 aromatic rings. The molecule has 84 valence electrons. The molecule has 6 heteroatoms. The number of rotatable bonds is 3. The molecule has 0 bridgehead atoms. The number of piperidine rings is 1. The second-order valence-electron chi connectivity index (χ2n) is 4.31. The van der Waals surface area contributed by atoms with Crippen LogP contribution < -0.4 is 10.6 Å². The van der Waals surface area contributed by atoms with Gasteiger partial charge < -0.3 is 10.6 Å². The van der Waals surface area contributed by atoms with Gasteiger partial charge in [0, 0.05) is 25.2 Å². The first-order chi connectivity index (χ1) is 7.75. The number of pyridine rings is 1. The molecule has 1 aliphatic carbocycles.